The van der Waals surface area contributed by atoms with Gasteiger partial charge in [-0.25, -0.2) is 0 Å². The van der Waals surface area contributed by atoms with Gasteiger partial charge >= 0.3 is 0 Å². The topological polar surface area (TPSA) is 56.7 Å². The van der Waals surface area contributed by atoms with Crippen molar-refractivity contribution in [3.05, 3.63) is 21.9 Å². The number of thiophene rings is 1. The number of fused-ring (bicyclic) bond motifs is 1. The molecule has 2 heterocycles. The molecule has 7 heteroatoms. The average molecular weight is 504 g/mol. The van der Waals surface area contributed by atoms with Gasteiger partial charge in [0.25, 0.3) is 0 Å². The van der Waals surface area contributed by atoms with E-state index in [0.29, 0.717) is 18.4 Å². The molecule has 27 heavy (non-hydrogen) atoms. The second-order valence-corrected chi connectivity index (χ2v) is 8.51. The molecule has 1 fully saturated rings. The number of rotatable bonds is 7. The number of nitrogens with zero attached hydrogens (tertiary/aromatic N) is 2. The number of amides is 1. The Hall–Kier alpha value is -0.830. The monoisotopic (exact) mass is 504 g/mol. The van der Waals surface area contributed by atoms with Crippen LogP contribution in [0.15, 0.2) is 16.4 Å². The summed E-state index contributed by atoms with van der Waals surface area (Å²) in [5.41, 5.74) is 1.74. The van der Waals surface area contributed by atoms with Gasteiger partial charge in [0.1, 0.15) is 0 Å². The first-order chi connectivity index (χ1) is 12.7. The van der Waals surface area contributed by atoms with E-state index in [1.54, 1.807) is 0 Å². The zero-order chi connectivity index (χ0) is 18.4. The van der Waals surface area contributed by atoms with Crippen molar-refractivity contribution < 1.29 is 4.79 Å². The maximum absolute atomic E-state index is 12.5. The quantitative estimate of drug-likeness (QED) is 0.338. The fraction of sp³-hybridized carbons (Fsp3) is 0.700. The van der Waals surface area contributed by atoms with Gasteiger partial charge in [0.15, 0.2) is 5.96 Å². The minimum atomic E-state index is 0. The minimum Gasteiger partial charge on any atom is -0.357 e. The van der Waals surface area contributed by atoms with Crippen molar-refractivity contribution in [3.63, 3.8) is 0 Å². The van der Waals surface area contributed by atoms with E-state index in [2.05, 4.69) is 35.9 Å². The predicted octanol–water partition coefficient (Wildman–Crippen LogP) is 3.78. The van der Waals surface area contributed by atoms with Crippen LogP contribution in [-0.2, 0) is 17.8 Å². The van der Waals surface area contributed by atoms with Gasteiger partial charge < -0.3 is 15.5 Å². The van der Waals surface area contributed by atoms with Crippen LogP contribution in [0.25, 0.3) is 0 Å². The smallest absolute Gasteiger partial charge is 0.224 e. The molecule has 1 aromatic heterocycles. The number of halogens is 1. The summed E-state index contributed by atoms with van der Waals surface area (Å²) in [5, 5.41) is 8.78. The molecule has 0 unspecified atom stereocenters. The molecule has 1 saturated carbocycles. The predicted molar refractivity (Wildman–Crippen MR) is 124 cm³/mol. The van der Waals surface area contributed by atoms with Gasteiger partial charge in [0.05, 0.1) is 0 Å². The Bertz CT molecular complexity index is 636. The first-order valence-electron chi connectivity index (χ1n) is 10.0. The van der Waals surface area contributed by atoms with Crippen molar-refractivity contribution in [2.75, 3.05) is 26.2 Å². The first-order valence-corrected chi connectivity index (χ1v) is 10.9. The summed E-state index contributed by atoms with van der Waals surface area (Å²) in [4.78, 5) is 20.7. The van der Waals surface area contributed by atoms with Gasteiger partial charge in [0.2, 0.25) is 5.91 Å². The van der Waals surface area contributed by atoms with Crippen molar-refractivity contribution in [1.29, 1.82) is 0 Å². The SMILES string of the molecule is CCNC(=NCC1(CC)CCC1)NCCC(=O)N1CCc2sccc2C1.I. The molecule has 3 rings (SSSR count). The maximum Gasteiger partial charge on any atom is 0.224 e. The largest absolute Gasteiger partial charge is 0.357 e. The molecule has 0 radical (unpaired) electrons. The molecule has 0 saturated heterocycles. The average Bonchev–Trinajstić information content (AvgIpc) is 3.08. The van der Waals surface area contributed by atoms with Gasteiger partial charge in [-0.15, -0.1) is 35.3 Å². The molecule has 1 aromatic rings. The van der Waals surface area contributed by atoms with E-state index in [1.165, 1.54) is 36.1 Å². The summed E-state index contributed by atoms with van der Waals surface area (Å²) in [7, 11) is 0. The fourth-order valence-electron chi connectivity index (χ4n) is 3.80. The Labute approximate surface area is 184 Å². The maximum atomic E-state index is 12.5. The Morgan fingerprint density at radius 2 is 2.15 bits per heavy atom. The third kappa shape index (κ3) is 5.82. The zero-order valence-corrected chi connectivity index (χ0v) is 19.7. The van der Waals surface area contributed by atoms with Gasteiger partial charge in [-0.2, -0.15) is 0 Å². The first kappa shape index (κ1) is 22.5. The Morgan fingerprint density at radius 1 is 1.33 bits per heavy atom. The van der Waals surface area contributed by atoms with Crippen molar-refractivity contribution in [3.8, 4) is 0 Å². The summed E-state index contributed by atoms with van der Waals surface area (Å²) in [5.74, 6) is 1.08. The molecule has 2 N–H and O–H groups in total. The van der Waals surface area contributed by atoms with Crippen LogP contribution in [0.5, 0.6) is 0 Å². The van der Waals surface area contributed by atoms with Gasteiger partial charge in [0, 0.05) is 44.0 Å². The van der Waals surface area contributed by atoms with Crippen molar-refractivity contribution in [2.24, 2.45) is 10.4 Å². The highest BCUT2D eigenvalue weighted by atomic mass is 127. The van der Waals surface area contributed by atoms with Crippen LogP contribution in [0.1, 0.15) is 56.4 Å². The summed E-state index contributed by atoms with van der Waals surface area (Å²) in [6.45, 7) is 8.33. The number of hydrogen-bond acceptors (Lipinski definition) is 3. The second-order valence-electron chi connectivity index (χ2n) is 7.51. The van der Waals surface area contributed by atoms with E-state index < -0.39 is 0 Å². The van der Waals surface area contributed by atoms with Crippen molar-refractivity contribution in [1.82, 2.24) is 15.5 Å². The molecule has 2 aliphatic rings. The van der Waals surface area contributed by atoms with E-state index >= 15 is 0 Å². The second kappa shape index (κ2) is 10.6. The van der Waals surface area contributed by atoms with Crippen LogP contribution in [0, 0.1) is 5.41 Å². The van der Waals surface area contributed by atoms with Gasteiger partial charge in [-0.05, 0) is 55.0 Å². The summed E-state index contributed by atoms with van der Waals surface area (Å²) >= 11 is 1.81. The number of carbonyl (C=O) groups is 1. The van der Waals surface area contributed by atoms with E-state index in [4.69, 9.17) is 4.99 Å². The van der Waals surface area contributed by atoms with Crippen LogP contribution in [0.4, 0.5) is 0 Å². The number of carbonyl (C=O) groups excluding carboxylic acids is 1. The molecule has 1 amide bonds. The van der Waals surface area contributed by atoms with Crippen LogP contribution in [0.2, 0.25) is 0 Å². The van der Waals surface area contributed by atoms with Crippen LogP contribution in [-0.4, -0.2) is 42.9 Å². The molecule has 0 bridgehead atoms. The lowest BCUT2D eigenvalue weighted by atomic mass is 9.67. The third-order valence-corrected chi connectivity index (χ3v) is 6.90. The number of guanidine groups is 1. The minimum absolute atomic E-state index is 0. The molecule has 0 spiro atoms. The van der Waals surface area contributed by atoms with Crippen LogP contribution < -0.4 is 10.6 Å². The van der Waals surface area contributed by atoms with Crippen LogP contribution in [0.3, 0.4) is 0 Å². The van der Waals surface area contributed by atoms with E-state index in [9.17, 15) is 4.79 Å². The highest BCUT2D eigenvalue weighted by Crippen LogP contribution is 2.43. The van der Waals surface area contributed by atoms with Crippen LogP contribution >= 0.6 is 35.3 Å². The molecule has 1 aliphatic heterocycles. The molecule has 1 aliphatic carbocycles. The van der Waals surface area contributed by atoms with Crippen molar-refractivity contribution >= 4 is 47.2 Å². The van der Waals surface area contributed by atoms with E-state index in [-0.39, 0.29) is 29.9 Å². The highest BCUT2D eigenvalue weighted by Gasteiger charge is 2.34. The molecule has 0 aromatic carbocycles. The normalized spacial score (nSPS) is 18.1. The lowest BCUT2D eigenvalue weighted by Gasteiger charge is -2.40. The van der Waals surface area contributed by atoms with Gasteiger partial charge in [-0.1, -0.05) is 13.3 Å². The summed E-state index contributed by atoms with van der Waals surface area (Å²) < 4.78 is 0. The Balaban J connectivity index is 0.00000261. The molecular formula is C20H33IN4OS. The number of aliphatic imine (C=N–C) groups is 1. The highest BCUT2D eigenvalue weighted by molar-refractivity contribution is 14.0. The van der Waals surface area contributed by atoms with E-state index in [1.807, 2.05) is 16.2 Å². The zero-order valence-electron chi connectivity index (χ0n) is 16.6. The van der Waals surface area contributed by atoms with Crippen molar-refractivity contribution in [2.45, 2.75) is 58.9 Å². The lowest BCUT2D eigenvalue weighted by molar-refractivity contribution is -0.131. The third-order valence-electron chi connectivity index (χ3n) is 5.87. The molecule has 0 atom stereocenters. The number of hydrogen-bond donors (Lipinski definition) is 2. The number of nitrogens with one attached hydrogen (secondary N) is 2. The molecular weight excluding hydrogens is 471 g/mol. The summed E-state index contributed by atoms with van der Waals surface area (Å²) in [6.07, 6.45) is 6.64. The van der Waals surface area contributed by atoms with Gasteiger partial charge in [-0.3, -0.25) is 9.79 Å². The van der Waals surface area contributed by atoms with E-state index in [0.717, 1.165) is 38.6 Å². The Kier molecular flexibility index (Phi) is 8.85. The molecule has 152 valence electrons. The lowest BCUT2D eigenvalue weighted by Crippen LogP contribution is -2.42. The standard InChI is InChI=1S/C20H32N4OS.HI/c1-3-20(9-5-10-20)15-23-19(21-4-2)22-11-6-18(25)24-12-7-17-16(14-24)8-13-26-17;/h8,13H,3-7,9-12,14-15H2,1-2H3,(H2,21,22,23);1H. The fourth-order valence-corrected chi connectivity index (χ4v) is 4.69. The Morgan fingerprint density at radius 3 is 2.81 bits per heavy atom. The molecule has 5 nitrogen and oxygen atoms in total. The summed E-state index contributed by atoms with van der Waals surface area (Å²) in [6, 6.07) is 2.15.